The number of anilines is 3. The molecule has 0 amide bonds. The van der Waals surface area contributed by atoms with Gasteiger partial charge in [-0.05, 0) is 37.6 Å². The number of nitrogens with zero attached hydrogens (tertiary/aromatic N) is 3. The van der Waals surface area contributed by atoms with E-state index in [0.717, 1.165) is 16.8 Å². The highest BCUT2D eigenvalue weighted by Crippen LogP contribution is 2.37. The maximum absolute atomic E-state index is 14.3. The third kappa shape index (κ3) is 3.34. The predicted octanol–water partition coefficient (Wildman–Crippen LogP) is 4.37. The van der Waals surface area contributed by atoms with Crippen molar-refractivity contribution in [3.63, 3.8) is 0 Å². The third-order valence-electron chi connectivity index (χ3n) is 4.80. The molecule has 2 N–H and O–H groups in total. The normalized spacial score (nSPS) is 15.8. The van der Waals surface area contributed by atoms with Crippen molar-refractivity contribution in [2.24, 2.45) is 0 Å². The van der Waals surface area contributed by atoms with Crippen molar-refractivity contribution in [3.8, 4) is 0 Å². The van der Waals surface area contributed by atoms with Crippen LogP contribution >= 0.6 is 0 Å². The zero-order valence-electron chi connectivity index (χ0n) is 15.7. The number of hydrogen-bond donors (Lipinski definition) is 2. The van der Waals surface area contributed by atoms with E-state index >= 15 is 0 Å². The molecule has 3 aromatic rings. The van der Waals surface area contributed by atoms with Crippen LogP contribution < -0.4 is 10.2 Å². The highest BCUT2D eigenvalue weighted by Gasteiger charge is 2.28. The Hall–Kier alpha value is -3.25. The lowest BCUT2D eigenvalue weighted by molar-refractivity contribution is 0.226. The molecule has 1 aliphatic heterocycles. The number of nitrogens with one attached hydrogen (secondary N) is 1. The molecule has 142 valence electrons. The van der Waals surface area contributed by atoms with E-state index in [4.69, 9.17) is 0 Å². The number of fused-ring (bicyclic) bond motifs is 1. The first-order valence-corrected chi connectivity index (χ1v) is 9.17. The molecule has 1 aliphatic rings. The zero-order chi connectivity index (χ0) is 19.7. The fourth-order valence-electron chi connectivity index (χ4n) is 3.35. The second-order valence-corrected chi connectivity index (χ2v) is 6.71. The minimum Gasteiger partial charge on any atom is -0.369 e. The van der Waals surface area contributed by atoms with Gasteiger partial charge in [-0.2, -0.15) is 0 Å². The first-order chi connectivity index (χ1) is 13.6. The molecule has 6 heteroatoms. The van der Waals surface area contributed by atoms with Crippen LogP contribution in [0.1, 0.15) is 23.6 Å². The molecular formula is C22H21FN4O. The van der Waals surface area contributed by atoms with Gasteiger partial charge in [-0.1, -0.05) is 24.3 Å². The Labute approximate surface area is 163 Å². The zero-order valence-corrected chi connectivity index (χ0v) is 15.7. The van der Waals surface area contributed by atoms with Crippen LogP contribution in [0.3, 0.4) is 0 Å². The number of rotatable bonds is 4. The van der Waals surface area contributed by atoms with Crippen LogP contribution in [0.2, 0.25) is 0 Å². The average molecular weight is 376 g/mol. The van der Waals surface area contributed by atoms with Gasteiger partial charge in [0, 0.05) is 41.7 Å². The number of pyridine rings is 2. The summed E-state index contributed by atoms with van der Waals surface area (Å²) in [5.41, 5.74) is 3.66. The van der Waals surface area contributed by atoms with E-state index in [1.807, 2.05) is 36.9 Å². The van der Waals surface area contributed by atoms with Gasteiger partial charge in [-0.25, -0.2) is 14.4 Å². The predicted molar refractivity (Wildman–Crippen MR) is 110 cm³/mol. The minimum atomic E-state index is -0.942. The number of benzene rings is 1. The lowest BCUT2D eigenvalue weighted by Gasteiger charge is -2.35. The fraction of sp³-hybridized carbons (Fsp3) is 0.182. The monoisotopic (exact) mass is 376 g/mol. The van der Waals surface area contributed by atoms with E-state index in [1.165, 1.54) is 6.07 Å². The van der Waals surface area contributed by atoms with Crippen LogP contribution in [0.5, 0.6) is 0 Å². The van der Waals surface area contributed by atoms with E-state index in [2.05, 4.69) is 15.3 Å². The summed E-state index contributed by atoms with van der Waals surface area (Å²) in [5, 5.41) is 14.1. The third-order valence-corrected chi connectivity index (χ3v) is 4.80. The summed E-state index contributed by atoms with van der Waals surface area (Å²) < 4.78 is 14.3. The Morgan fingerprint density at radius 2 is 1.89 bits per heavy atom. The molecule has 1 unspecified atom stereocenters. The molecule has 0 saturated heterocycles. The number of halogens is 1. The molecular weight excluding hydrogens is 355 g/mol. The lowest BCUT2D eigenvalue weighted by Crippen LogP contribution is -2.38. The SMILES string of the molecule is CCN1c2cc(Nc3ccc(C)cn3)ncc2C=C(c2ccccc2F)C1O. The van der Waals surface area contributed by atoms with Gasteiger partial charge in [0.2, 0.25) is 0 Å². The highest BCUT2D eigenvalue weighted by molar-refractivity contribution is 5.92. The molecule has 1 atom stereocenters. The van der Waals surface area contributed by atoms with Crippen LogP contribution in [-0.4, -0.2) is 27.8 Å². The van der Waals surface area contributed by atoms with E-state index < -0.39 is 6.23 Å². The van der Waals surface area contributed by atoms with Gasteiger partial charge in [0.05, 0.1) is 5.69 Å². The fourth-order valence-corrected chi connectivity index (χ4v) is 3.35. The Bertz CT molecular complexity index is 1030. The molecule has 1 aromatic carbocycles. The summed E-state index contributed by atoms with van der Waals surface area (Å²) in [6, 6.07) is 12.2. The van der Waals surface area contributed by atoms with Gasteiger partial charge in [-0.3, -0.25) is 0 Å². The average Bonchev–Trinajstić information content (AvgIpc) is 2.70. The quantitative estimate of drug-likeness (QED) is 0.708. The van der Waals surface area contributed by atoms with Crippen molar-refractivity contribution < 1.29 is 9.50 Å². The number of likely N-dealkylation sites (N-methyl/N-ethyl adjacent to an activating group) is 1. The Balaban J connectivity index is 1.73. The van der Waals surface area contributed by atoms with Crippen molar-refractivity contribution in [2.45, 2.75) is 20.1 Å². The summed E-state index contributed by atoms with van der Waals surface area (Å²) in [6.07, 6.45) is 4.36. The van der Waals surface area contributed by atoms with Gasteiger partial charge in [0.1, 0.15) is 17.5 Å². The lowest BCUT2D eigenvalue weighted by atomic mass is 9.96. The standard InChI is InChI=1S/C22H21FN4O/c1-3-27-19-11-21(26-20-9-8-14(2)12-24-20)25-13-15(19)10-17(22(27)28)16-6-4-5-7-18(16)23/h4-13,22,28H,3H2,1-2H3,(H,24,25,26). The molecule has 0 aliphatic carbocycles. The topological polar surface area (TPSA) is 61.3 Å². The van der Waals surface area contributed by atoms with Crippen molar-refractivity contribution in [1.82, 2.24) is 9.97 Å². The molecule has 0 bridgehead atoms. The number of aliphatic hydroxyl groups is 1. The van der Waals surface area contributed by atoms with E-state index in [9.17, 15) is 9.50 Å². The molecule has 0 saturated carbocycles. The second-order valence-electron chi connectivity index (χ2n) is 6.71. The summed E-state index contributed by atoms with van der Waals surface area (Å²) >= 11 is 0. The largest absolute Gasteiger partial charge is 0.369 e. The van der Waals surface area contributed by atoms with Gasteiger partial charge in [0.15, 0.2) is 6.23 Å². The van der Waals surface area contributed by atoms with E-state index in [-0.39, 0.29) is 5.82 Å². The first kappa shape index (κ1) is 18.1. The smallest absolute Gasteiger partial charge is 0.153 e. The van der Waals surface area contributed by atoms with Crippen LogP contribution in [0.25, 0.3) is 11.6 Å². The van der Waals surface area contributed by atoms with Crippen molar-refractivity contribution in [2.75, 3.05) is 16.8 Å². The number of aromatic nitrogens is 2. The number of aliphatic hydroxyl groups excluding tert-OH is 1. The molecule has 3 heterocycles. The Kier molecular flexibility index (Phi) is 4.79. The van der Waals surface area contributed by atoms with Crippen LogP contribution in [0.15, 0.2) is 54.9 Å². The number of hydrogen-bond acceptors (Lipinski definition) is 5. The van der Waals surface area contributed by atoms with Gasteiger partial charge < -0.3 is 15.3 Å². The Morgan fingerprint density at radius 1 is 1.11 bits per heavy atom. The van der Waals surface area contributed by atoms with Gasteiger partial charge >= 0.3 is 0 Å². The molecule has 28 heavy (non-hydrogen) atoms. The maximum Gasteiger partial charge on any atom is 0.153 e. The molecule has 0 radical (unpaired) electrons. The maximum atomic E-state index is 14.3. The number of aryl methyl sites for hydroxylation is 1. The van der Waals surface area contributed by atoms with Crippen molar-refractivity contribution in [3.05, 3.63) is 77.4 Å². The highest BCUT2D eigenvalue weighted by atomic mass is 19.1. The minimum absolute atomic E-state index is 0.357. The summed E-state index contributed by atoms with van der Waals surface area (Å²) in [7, 11) is 0. The van der Waals surface area contributed by atoms with Crippen LogP contribution in [0, 0.1) is 12.7 Å². The molecule has 4 rings (SSSR count). The van der Waals surface area contributed by atoms with Crippen molar-refractivity contribution >= 4 is 29.0 Å². The van der Waals surface area contributed by atoms with Crippen molar-refractivity contribution in [1.29, 1.82) is 0 Å². The Morgan fingerprint density at radius 3 is 2.61 bits per heavy atom. The summed E-state index contributed by atoms with van der Waals surface area (Å²) in [5.74, 6) is 0.965. The van der Waals surface area contributed by atoms with Crippen LogP contribution in [-0.2, 0) is 0 Å². The summed E-state index contributed by atoms with van der Waals surface area (Å²) in [4.78, 5) is 10.6. The first-order valence-electron chi connectivity index (χ1n) is 9.17. The second kappa shape index (κ2) is 7.40. The molecule has 0 fully saturated rings. The van der Waals surface area contributed by atoms with Gasteiger partial charge in [-0.15, -0.1) is 0 Å². The molecule has 0 spiro atoms. The molecule has 2 aromatic heterocycles. The molecule has 5 nitrogen and oxygen atoms in total. The van der Waals surface area contributed by atoms with Crippen LogP contribution in [0.4, 0.5) is 21.7 Å². The van der Waals surface area contributed by atoms with E-state index in [1.54, 1.807) is 36.7 Å². The summed E-state index contributed by atoms with van der Waals surface area (Å²) in [6.45, 7) is 4.49. The van der Waals surface area contributed by atoms with E-state index in [0.29, 0.717) is 29.3 Å². The van der Waals surface area contributed by atoms with Gasteiger partial charge in [0.25, 0.3) is 0 Å².